The first-order valence-corrected chi connectivity index (χ1v) is 21.2. The van der Waals surface area contributed by atoms with Gasteiger partial charge in [-0.25, -0.2) is 9.97 Å². The first-order valence-electron chi connectivity index (χ1n) is 21.2. The summed E-state index contributed by atoms with van der Waals surface area (Å²) in [6, 6.07) is 78.6. The number of nitrogens with zero attached hydrogens (tertiary/aromatic N) is 4. The van der Waals surface area contributed by atoms with E-state index in [1.165, 1.54) is 76.0 Å². The van der Waals surface area contributed by atoms with Crippen LogP contribution in [-0.2, 0) is 0 Å². The molecule has 0 N–H and O–H groups in total. The summed E-state index contributed by atoms with van der Waals surface area (Å²) in [5.74, 6) is 1.53. The second-order valence-corrected chi connectivity index (χ2v) is 16.2. The van der Waals surface area contributed by atoms with Crippen LogP contribution in [0.25, 0.3) is 121 Å². The summed E-state index contributed by atoms with van der Waals surface area (Å²) in [4.78, 5) is 10.3. The van der Waals surface area contributed by atoms with Crippen molar-refractivity contribution in [2.45, 2.75) is 0 Å². The minimum atomic E-state index is 0.697. The molecule has 0 spiro atoms. The van der Waals surface area contributed by atoms with E-state index < -0.39 is 0 Å². The normalized spacial score (nSPS) is 11.9. The van der Waals surface area contributed by atoms with Gasteiger partial charge in [0.15, 0.2) is 5.82 Å². The molecule has 0 atom stereocenters. The molecule has 0 saturated heterocycles. The molecule has 4 heteroatoms. The summed E-state index contributed by atoms with van der Waals surface area (Å²) >= 11 is 0. The van der Waals surface area contributed by atoms with E-state index in [-0.39, 0.29) is 0 Å². The smallest absolute Gasteiger partial charge is 0.162 e. The number of benzene rings is 10. The van der Waals surface area contributed by atoms with Crippen molar-refractivity contribution in [3.05, 3.63) is 218 Å². The zero-order chi connectivity index (χ0) is 40.7. The Morgan fingerprint density at radius 1 is 0.258 bits per heavy atom. The van der Waals surface area contributed by atoms with Crippen molar-refractivity contribution in [3.63, 3.8) is 0 Å². The molecule has 3 heterocycles. The van der Waals surface area contributed by atoms with Gasteiger partial charge in [0, 0.05) is 44.4 Å². The Hall–Kier alpha value is -8.34. The molecule has 0 fully saturated rings. The maximum Gasteiger partial charge on any atom is 0.162 e. The Morgan fingerprint density at radius 3 is 1.31 bits per heavy atom. The second kappa shape index (κ2) is 13.6. The zero-order valence-electron chi connectivity index (χ0n) is 33.6. The number of para-hydroxylation sites is 2. The molecular formula is C58H36N4. The highest BCUT2D eigenvalue weighted by atomic mass is 15.1. The van der Waals surface area contributed by atoms with E-state index in [1.807, 2.05) is 24.3 Å². The van der Waals surface area contributed by atoms with Gasteiger partial charge in [-0.1, -0.05) is 164 Å². The summed E-state index contributed by atoms with van der Waals surface area (Å²) in [6.07, 6.45) is 0. The first-order chi connectivity index (χ1) is 30.7. The fourth-order valence-electron chi connectivity index (χ4n) is 9.89. The highest BCUT2D eigenvalue weighted by Crippen LogP contribution is 2.41. The third kappa shape index (κ3) is 5.27. The third-order valence-electron chi connectivity index (χ3n) is 12.7. The van der Waals surface area contributed by atoms with Crippen LogP contribution in [0.15, 0.2) is 218 Å². The lowest BCUT2D eigenvalue weighted by molar-refractivity contribution is 1.05. The van der Waals surface area contributed by atoms with Gasteiger partial charge in [0.2, 0.25) is 0 Å². The first kappa shape index (κ1) is 34.5. The lowest BCUT2D eigenvalue weighted by Gasteiger charge is -2.14. The quantitative estimate of drug-likeness (QED) is 0.163. The van der Waals surface area contributed by atoms with Crippen LogP contribution in [0.2, 0.25) is 0 Å². The van der Waals surface area contributed by atoms with Crippen molar-refractivity contribution in [2.75, 3.05) is 0 Å². The molecule has 0 unspecified atom stereocenters. The van der Waals surface area contributed by atoms with Crippen LogP contribution in [0.3, 0.4) is 0 Å². The molecule has 0 aliphatic rings. The third-order valence-corrected chi connectivity index (χ3v) is 12.7. The maximum atomic E-state index is 5.24. The van der Waals surface area contributed by atoms with Gasteiger partial charge < -0.3 is 4.57 Å². The topological polar surface area (TPSA) is 35.6 Å². The number of rotatable bonds is 5. The molecule has 0 radical (unpaired) electrons. The van der Waals surface area contributed by atoms with E-state index >= 15 is 0 Å². The highest BCUT2D eigenvalue weighted by Gasteiger charge is 2.19. The summed E-state index contributed by atoms with van der Waals surface area (Å²) < 4.78 is 4.73. The van der Waals surface area contributed by atoms with Gasteiger partial charge in [0.25, 0.3) is 0 Å². The van der Waals surface area contributed by atoms with Gasteiger partial charge in [0.1, 0.15) is 5.82 Å². The van der Waals surface area contributed by atoms with E-state index in [9.17, 15) is 0 Å². The average Bonchev–Trinajstić information content (AvgIpc) is 3.86. The van der Waals surface area contributed by atoms with Crippen molar-refractivity contribution >= 4 is 75.9 Å². The lowest BCUT2D eigenvalue weighted by Crippen LogP contribution is -2.02. The molecule has 0 amide bonds. The fourth-order valence-corrected chi connectivity index (χ4v) is 9.89. The Balaban J connectivity index is 0.979. The molecule has 0 aliphatic heterocycles. The van der Waals surface area contributed by atoms with E-state index in [2.05, 4.69) is 203 Å². The lowest BCUT2D eigenvalue weighted by atomic mass is 9.94. The van der Waals surface area contributed by atoms with Gasteiger partial charge in [-0.05, 0) is 92.0 Å². The van der Waals surface area contributed by atoms with Crippen LogP contribution < -0.4 is 0 Å². The SMILES string of the molecule is c1ccc(-c2cc(-n3c4ccccc4c4cc(-c5ccc6c(c5)c5ccccc5n6-c5ccc6c7ccccc7c7ccccc7c6c5)ccc43)nc(-c3ccccc3)n2)cc1. The van der Waals surface area contributed by atoms with Gasteiger partial charge in [-0.15, -0.1) is 0 Å². The molecule has 62 heavy (non-hydrogen) atoms. The van der Waals surface area contributed by atoms with Gasteiger partial charge >= 0.3 is 0 Å². The Bertz CT molecular complexity index is 3820. The maximum absolute atomic E-state index is 5.24. The highest BCUT2D eigenvalue weighted by molar-refractivity contribution is 6.25. The van der Waals surface area contributed by atoms with Crippen molar-refractivity contribution < 1.29 is 0 Å². The van der Waals surface area contributed by atoms with Crippen molar-refractivity contribution in [2.24, 2.45) is 0 Å². The van der Waals surface area contributed by atoms with Gasteiger partial charge in [-0.3, -0.25) is 4.57 Å². The molecule has 10 aromatic carbocycles. The fraction of sp³-hybridized carbons (Fsp3) is 0. The van der Waals surface area contributed by atoms with Crippen LogP contribution in [0.5, 0.6) is 0 Å². The Labute approximate surface area is 357 Å². The Morgan fingerprint density at radius 2 is 0.710 bits per heavy atom. The predicted molar refractivity (Wildman–Crippen MR) is 260 cm³/mol. The monoisotopic (exact) mass is 788 g/mol. The van der Waals surface area contributed by atoms with Crippen LogP contribution in [0.1, 0.15) is 0 Å². The van der Waals surface area contributed by atoms with E-state index in [0.29, 0.717) is 5.82 Å². The van der Waals surface area contributed by atoms with Crippen LogP contribution in [0.4, 0.5) is 0 Å². The standard InChI is InChI=1S/C58H36N4/c1-3-15-37(16-4-1)52-36-57(60-58(59-52)38-17-5-2-6-18-38)62-54-26-14-12-24-48(54)51-34-40(28-32-56(51)62)39-27-31-55-50(33-39)47-23-11-13-25-53(47)61(55)41-29-30-46-44-21-8-7-19-42(44)43-20-9-10-22-45(43)49(46)35-41/h1-36H. The van der Waals surface area contributed by atoms with Crippen molar-refractivity contribution in [3.8, 4) is 45.3 Å². The Kier molecular flexibility index (Phi) is 7.57. The molecule has 13 aromatic rings. The molecule has 0 saturated carbocycles. The second-order valence-electron chi connectivity index (χ2n) is 16.2. The van der Waals surface area contributed by atoms with Crippen molar-refractivity contribution in [1.82, 2.24) is 19.1 Å². The zero-order valence-corrected chi connectivity index (χ0v) is 33.6. The van der Waals surface area contributed by atoms with E-state index in [4.69, 9.17) is 9.97 Å². The average molecular weight is 789 g/mol. The van der Waals surface area contributed by atoms with Gasteiger partial charge in [-0.2, -0.15) is 0 Å². The molecule has 4 nitrogen and oxygen atoms in total. The predicted octanol–water partition coefficient (Wildman–Crippen LogP) is 15.1. The van der Waals surface area contributed by atoms with Crippen LogP contribution in [-0.4, -0.2) is 19.1 Å². The van der Waals surface area contributed by atoms with Crippen molar-refractivity contribution in [1.29, 1.82) is 0 Å². The van der Waals surface area contributed by atoms with E-state index in [0.717, 1.165) is 39.4 Å². The summed E-state index contributed by atoms with van der Waals surface area (Å²) in [5, 5.41) is 12.5. The molecule has 288 valence electrons. The van der Waals surface area contributed by atoms with Crippen LogP contribution >= 0.6 is 0 Å². The van der Waals surface area contributed by atoms with E-state index in [1.54, 1.807) is 0 Å². The number of aromatic nitrogens is 4. The van der Waals surface area contributed by atoms with Gasteiger partial charge in [0.05, 0.1) is 27.8 Å². The largest absolute Gasteiger partial charge is 0.309 e. The molecule has 0 aliphatic carbocycles. The number of hydrogen-bond donors (Lipinski definition) is 0. The summed E-state index contributed by atoms with van der Waals surface area (Å²) in [7, 11) is 0. The minimum absolute atomic E-state index is 0.697. The summed E-state index contributed by atoms with van der Waals surface area (Å²) in [6.45, 7) is 0. The molecule has 0 bridgehead atoms. The number of fused-ring (bicyclic) bond motifs is 12. The van der Waals surface area contributed by atoms with Crippen LogP contribution in [0, 0.1) is 0 Å². The minimum Gasteiger partial charge on any atom is -0.309 e. The number of hydrogen-bond acceptors (Lipinski definition) is 2. The molecular weight excluding hydrogens is 753 g/mol. The summed E-state index contributed by atoms with van der Waals surface area (Å²) in [5.41, 5.74) is 11.0. The molecule has 3 aromatic heterocycles. The molecule has 13 rings (SSSR count).